The van der Waals surface area contributed by atoms with Crippen molar-refractivity contribution >= 4 is 20.8 Å². The first-order valence-corrected chi connectivity index (χ1v) is 17.1. The number of rotatable bonds is 10. The molecule has 0 radical (unpaired) electrons. The third-order valence-corrected chi connectivity index (χ3v) is 12.2. The Kier molecular flexibility index (Phi) is 9.01. The quantitative estimate of drug-likeness (QED) is 0.294. The summed E-state index contributed by atoms with van der Waals surface area (Å²) in [6, 6.07) is 0. The molecule has 11 heteroatoms. The van der Waals surface area contributed by atoms with Gasteiger partial charge >= 0.3 is 0 Å². The van der Waals surface area contributed by atoms with Gasteiger partial charge in [0.1, 0.15) is 6.10 Å². The van der Waals surface area contributed by atoms with Crippen molar-refractivity contribution in [1.82, 2.24) is 0 Å². The molecule has 38 heavy (non-hydrogen) atoms. The highest BCUT2D eigenvalue weighted by Crippen LogP contribution is 2.68. The van der Waals surface area contributed by atoms with E-state index >= 15 is 0 Å². The van der Waals surface area contributed by atoms with Crippen molar-refractivity contribution in [2.24, 2.45) is 52.3 Å². The van der Waals surface area contributed by atoms with Crippen LogP contribution in [0.5, 0.6) is 0 Å². The van der Waals surface area contributed by atoms with E-state index in [2.05, 4.69) is 27.7 Å². The molecule has 4 saturated carbocycles. The maximum Gasteiger partial charge on any atom is 0.217 e. The minimum atomic E-state index is -4.88. The molecule has 0 aromatic rings. The maximum atomic E-state index is 11.3. The Morgan fingerprint density at radius 2 is 1.61 bits per heavy atom. The van der Waals surface area contributed by atoms with Gasteiger partial charge in [0.25, 0.3) is 0 Å². The first-order valence-electron chi connectivity index (χ1n) is 14.5. The summed E-state index contributed by atoms with van der Waals surface area (Å²) in [6.45, 7) is 8.90. The molecular weight excluding hydrogens is 532 g/mol. The van der Waals surface area contributed by atoms with Crippen LogP contribution in [-0.2, 0) is 29.2 Å². The van der Waals surface area contributed by atoms with E-state index in [4.69, 9.17) is 8.37 Å². The number of hydrogen-bond donors (Lipinski definition) is 1. The Bertz CT molecular complexity index is 1040. The zero-order valence-corrected chi connectivity index (χ0v) is 24.8. The molecule has 9 nitrogen and oxygen atoms in total. The summed E-state index contributed by atoms with van der Waals surface area (Å²) in [6.07, 6.45) is 7.74. The summed E-state index contributed by atoms with van der Waals surface area (Å²) in [4.78, 5) is 0. The Morgan fingerprint density at radius 3 is 2.24 bits per heavy atom. The van der Waals surface area contributed by atoms with Gasteiger partial charge in [0.15, 0.2) is 0 Å². The third-order valence-electron chi connectivity index (χ3n) is 11.3. The molecule has 0 aromatic carbocycles. The molecule has 0 aliphatic heterocycles. The Hall–Kier alpha value is -0.300. The van der Waals surface area contributed by atoms with Gasteiger partial charge in [-0.15, -0.1) is 0 Å². The van der Waals surface area contributed by atoms with Crippen LogP contribution < -0.4 is 0 Å². The summed E-state index contributed by atoms with van der Waals surface area (Å²) in [7, 11) is -9.62. The summed E-state index contributed by atoms with van der Waals surface area (Å²) >= 11 is 0. The van der Waals surface area contributed by atoms with Gasteiger partial charge in [-0.3, -0.25) is 8.37 Å². The van der Waals surface area contributed by atoms with Crippen molar-refractivity contribution in [2.45, 2.75) is 111 Å². The van der Waals surface area contributed by atoms with Gasteiger partial charge in [-0.25, -0.2) is 16.8 Å². The Morgan fingerprint density at radius 1 is 0.921 bits per heavy atom. The zero-order chi connectivity index (χ0) is 28.1. The first kappa shape index (κ1) is 30.7. The van der Waals surface area contributed by atoms with Gasteiger partial charge in [0, 0.05) is 0 Å². The number of aliphatic hydroxyl groups excluding tert-OH is 1. The van der Waals surface area contributed by atoms with E-state index in [0.717, 1.165) is 57.8 Å². The van der Waals surface area contributed by atoms with Gasteiger partial charge in [-0.2, -0.15) is 0 Å². The molecule has 222 valence electrons. The van der Waals surface area contributed by atoms with Crippen LogP contribution in [0.25, 0.3) is 0 Å². The van der Waals surface area contributed by atoms with Crippen LogP contribution in [0.2, 0.25) is 0 Å². The van der Waals surface area contributed by atoms with E-state index in [-0.39, 0.29) is 29.3 Å². The standard InChI is InChI=1S/C27H48O9S2/c1-17(2)6-5-7-18(16-35-37(29,30)31)21-10-11-22-20-9-8-19-14-25(36-38(32,33)34)24(28)15-27(19,4)23(20)12-13-26(21,22)3/h17-25,28H,5-16H2,1-4H3,(H,29,30,31)(H,32,33,34)/p-2/t18-,19-,20-,21+,22-,23-,24-,25-,26+,27-/m0/s1. The van der Waals surface area contributed by atoms with Crippen LogP contribution in [0.15, 0.2) is 0 Å². The fraction of sp³-hybridized carbons (Fsp3) is 1.00. The molecule has 0 bridgehead atoms. The van der Waals surface area contributed by atoms with E-state index in [1.54, 1.807) is 0 Å². The largest absolute Gasteiger partial charge is 0.726 e. The predicted octanol–water partition coefficient (Wildman–Crippen LogP) is 4.38. The number of fused-ring (bicyclic) bond motifs is 5. The highest BCUT2D eigenvalue weighted by Gasteiger charge is 2.62. The highest BCUT2D eigenvalue weighted by atomic mass is 32.3. The molecule has 0 spiro atoms. The second kappa shape index (κ2) is 11.2. The van der Waals surface area contributed by atoms with Crippen molar-refractivity contribution in [3.05, 3.63) is 0 Å². The van der Waals surface area contributed by atoms with Gasteiger partial charge < -0.3 is 14.2 Å². The molecule has 0 aromatic heterocycles. The molecule has 4 rings (SSSR count). The molecular formula is C27H46O9S2-2. The summed E-state index contributed by atoms with van der Waals surface area (Å²) in [5, 5.41) is 10.8. The van der Waals surface area contributed by atoms with E-state index in [1.807, 2.05) is 0 Å². The minimum absolute atomic E-state index is 0.0272. The Labute approximate surface area is 229 Å². The minimum Gasteiger partial charge on any atom is -0.726 e. The molecule has 4 aliphatic rings. The smallest absolute Gasteiger partial charge is 0.217 e. The van der Waals surface area contributed by atoms with Crippen LogP contribution >= 0.6 is 0 Å². The third kappa shape index (κ3) is 6.44. The normalized spacial score (nSPS) is 42.4. The predicted molar refractivity (Wildman–Crippen MR) is 139 cm³/mol. The van der Waals surface area contributed by atoms with Crippen molar-refractivity contribution < 1.29 is 39.4 Å². The van der Waals surface area contributed by atoms with Crippen molar-refractivity contribution in [3.8, 4) is 0 Å². The van der Waals surface area contributed by atoms with Crippen LogP contribution in [-0.4, -0.2) is 49.9 Å². The average molecular weight is 579 g/mol. The fourth-order valence-corrected chi connectivity index (χ4v) is 10.5. The second-order valence-electron chi connectivity index (χ2n) is 13.7. The van der Waals surface area contributed by atoms with E-state index in [0.29, 0.717) is 42.4 Å². The molecule has 4 fully saturated rings. The topological polar surface area (TPSA) is 153 Å². The second-order valence-corrected chi connectivity index (χ2v) is 15.8. The van der Waals surface area contributed by atoms with Gasteiger partial charge in [-0.1, -0.05) is 40.5 Å². The Balaban J connectivity index is 1.51. The number of aliphatic hydroxyl groups is 1. The zero-order valence-electron chi connectivity index (χ0n) is 23.2. The lowest BCUT2D eigenvalue weighted by molar-refractivity contribution is -0.157. The molecule has 0 amide bonds. The lowest BCUT2D eigenvalue weighted by Gasteiger charge is -2.62. The monoisotopic (exact) mass is 578 g/mol. The van der Waals surface area contributed by atoms with Crippen LogP contribution in [0.1, 0.15) is 98.3 Å². The van der Waals surface area contributed by atoms with Gasteiger partial charge in [-0.05, 0) is 110 Å². The molecule has 10 atom stereocenters. The molecule has 0 saturated heterocycles. The van der Waals surface area contributed by atoms with Crippen molar-refractivity contribution in [1.29, 1.82) is 0 Å². The first-order chi connectivity index (χ1) is 17.5. The van der Waals surface area contributed by atoms with E-state index in [9.17, 15) is 31.0 Å². The summed E-state index contributed by atoms with van der Waals surface area (Å²) in [5.74, 6) is 2.43. The summed E-state index contributed by atoms with van der Waals surface area (Å²) < 4.78 is 77.2. The van der Waals surface area contributed by atoms with Crippen molar-refractivity contribution in [3.63, 3.8) is 0 Å². The van der Waals surface area contributed by atoms with Gasteiger partial charge in [0.2, 0.25) is 20.8 Å². The molecule has 1 N–H and O–H groups in total. The molecule has 0 unspecified atom stereocenters. The average Bonchev–Trinajstić information content (AvgIpc) is 3.12. The van der Waals surface area contributed by atoms with Crippen molar-refractivity contribution in [2.75, 3.05) is 6.61 Å². The molecule has 4 aliphatic carbocycles. The molecule has 0 heterocycles. The van der Waals surface area contributed by atoms with Crippen LogP contribution in [0.3, 0.4) is 0 Å². The highest BCUT2D eigenvalue weighted by molar-refractivity contribution is 7.81. The van der Waals surface area contributed by atoms with Gasteiger partial charge in [0.05, 0.1) is 12.7 Å². The summed E-state index contributed by atoms with van der Waals surface area (Å²) in [5.41, 5.74) is -0.108. The van der Waals surface area contributed by atoms with E-state index < -0.39 is 33.0 Å². The van der Waals surface area contributed by atoms with Crippen LogP contribution in [0.4, 0.5) is 0 Å². The van der Waals surface area contributed by atoms with Crippen LogP contribution in [0, 0.1) is 52.3 Å². The lowest BCUT2D eigenvalue weighted by atomic mass is 9.44. The fourth-order valence-electron chi connectivity index (χ4n) is 9.69. The lowest BCUT2D eigenvalue weighted by Crippen LogP contribution is -2.57. The SMILES string of the molecule is CC(C)CCC[C@@H](COS(=O)(=O)[O-])[C@H]1CC[C@H]2[C@@H]3CC[C@H]4C[C@H](OS(=O)(=O)[O-])[C@@H](O)C[C@]4(C)[C@H]3CC[C@]12C. The van der Waals surface area contributed by atoms with E-state index in [1.165, 1.54) is 0 Å². The maximum absolute atomic E-state index is 11.3. The number of hydrogen-bond acceptors (Lipinski definition) is 9.